The minimum atomic E-state index is -0.298. The summed E-state index contributed by atoms with van der Waals surface area (Å²) in [7, 11) is 11.1. The number of aryl methyl sites for hydroxylation is 6. The number of nitrogens with one attached hydrogen (secondary N) is 1. The number of carbonyl (C=O) groups is 2. The van der Waals surface area contributed by atoms with Gasteiger partial charge >= 0.3 is 5.97 Å². The van der Waals surface area contributed by atoms with Crippen LogP contribution in [0.5, 0.6) is 0 Å². The Morgan fingerprint density at radius 2 is 1.64 bits per heavy atom. The molecule has 15 heteroatoms. The zero-order valence-electron chi connectivity index (χ0n) is 28.0. The predicted octanol–water partition coefficient (Wildman–Crippen LogP) is 3.32. The van der Waals surface area contributed by atoms with Crippen LogP contribution in [0.2, 0.25) is 0 Å². The van der Waals surface area contributed by atoms with Crippen LogP contribution < -0.4 is 5.32 Å². The van der Waals surface area contributed by atoms with Gasteiger partial charge in [-0.15, -0.1) is 0 Å². The average molecular weight is 694 g/mol. The quantitative estimate of drug-likeness (QED) is 0.247. The van der Waals surface area contributed by atoms with Crippen LogP contribution in [0.4, 0.5) is 0 Å². The summed E-state index contributed by atoms with van der Waals surface area (Å²) < 4.78 is 18.1. The molecule has 0 radical (unpaired) electrons. The maximum Gasteiger partial charge on any atom is 0.356 e. The summed E-state index contributed by atoms with van der Waals surface area (Å²) in [5.74, 6) is 1.03. The number of halogens is 1. The zero-order chi connectivity index (χ0) is 33.8. The standard InChI is InChI=1S/C9H14N2O2.C6H9N3O.C5H7BrN2.C5H8N2.C5H11NO/c1-3-4-7-13-9(12)8-5-6-10-11(8)2;1-7-6(10)5-8-3-4-9(5)2;1-4-5(6)3-8(2)7-4;1-5-6-3-4-7(5)2;1-6-2-4-7-5-3-6/h5-6H,3-4,7H2,1-2H3;3-4H,1-2H3,(H,7,10);3H,1-2H3;3-4H,1-2H3;2-5H2,1H3. The minimum absolute atomic E-state index is 0.160. The number of imidazole rings is 2. The van der Waals surface area contributed by atoms with E-state index in [1.54, 1.807) is 61.2 Å². The second-order valence-electron chi connectivity index (χ2n) is 10.0. The van der Waals surface area contributed by atoms with Gasteiger partial charge < -0.3 is 28.8 Å². The third-order valence-electron chi connectivity index (χ3n) is 6.26. The van der Waals surface area contributed by atoms with Crippen molar-refractivity contribution in [1.82, 2.24) is 48.9 Å². The van der Waals surface area contributed by atoms with Gasteiger partial charge in [0.2, 0.25) is 0 Å². The SMILES string of the molecule is CCCCOC(=O)c1ccnn1C.CN1CCOCC1.CNC(=O)c1nccn1C.Cc1nccn1C.Cc1nn(C)cc1Br. The van der Waals surface area contributed by atoms with Crippen molar-refractivity contribution in [3.8, 4) is 0 Å². The molecule has 1 aliphatic heterocycles. The molecule has 14 nitrogen and oxygen atoms in total. The molecule has 4 aromatic heterocycles. The normalized spacial score (nSPS) is 12.1. The van der Waals surface area contributed by atoms with Crippen LogP contribution in [-0.4, -0.2) is 102 Å². The summed E-state index contributed by atoms with van der Waals surface area (Å²) in [5.41, 5.74) is 1.53. The van der Waals surface area contributed by atoms with E-state index < -0.39 is 0 Å². The second kappa shape index (κ2) is 21.8. The maximum absolute atomic E-state index is 11.3. The number of hydrogen-bond acceptors (Lipinski definition) is 9. The van der Waals surface area contributed by atoms with Crippen molar-refractivity contribution < 1.29 is 19.1 Å². The molecule has 0 unspecified atom stereocenters. The molecular weight excluding hydrogens is 644 g/mol. The lowest BCUT2D eigenvalue weighted by molar-refractivity contribution is 0.0486. The van der Waals surface area contributed by atoms with Crippen LogP contribution >= 0.6 is 15.9 Å². The molecule has 5 rings (SSSR count). The lowest BCUT2D eigenvalue weighted by Crippen LogP contribution is -2.32. The fourth-order valence-electron chi connectivity index (χ4n) is 3.32. The van der Waals surface area contributed by atoms with Gasteiger partial charge in [-0.3, -0.25) is 14.2 Å². The van der Waals surface area contributed by atoms with E-state index >= 15 is 0 Å². The third kappa shape index (κ3) is 15.6. The number of morpholine rings is 1. The smallest absolute Gasteiger partial charge is 0.356 e. The summed E-state index contributed by atoms with van der Waals surface area (Å²) in [5, 5.41) is 10.4. The largest absolute Gasteiger partial charge is 0.461 e. The van der Waals surface area contributed by atoms with Gasteiger partial charge in [0.1, 0.15) is 11.5 Å². The van der Waals surface area contributed by atoms with E-state index in [0.717, 1.165) is 55.1 Å². The van der Waals surface area contributed by atoms with Gasteiger partial charge in [0.25, 0.3) is 5.91 Å². The highest BCUT2D eigenvalue weighted by atomic mass is 79.9. The Morgan fingerprint density at radius 3 is 1.98 bits per heavy atom. The molecule has 1 amide bonds. The fraction of sp³-hybridized carbons (Fsp3) is 0.533. The van der Waals surface area contributed by atoms with Crippen molar-refractivity contribution in [2.24, 2.45) is 28.2 Å². The number of rotatable bonds is 5. The molecule has 5 heterocycles. The minimum Gasteiger partial charge on any atom is -0.461 e. The highest BCUT2D eigenvalue weighted by Crippen LogP contribution is 2.11. The molecule has 0 spiro atoms. The number of carbonyl (C=O) groups excluding carboxylic acids is 2. The summed E-state index contributed by atoms with van der Waals surface area (Å²) in [6, 6.07) is 1.65. The zero-order valence-corrected chi connectivity index (χ0v) is 29.6. The molecule has 1 fully saturated rings. The molecule has 1 aliphatic rings. The number of hydrogen-bond donors (Lipinski definition) is 1. The first-order chi connectivity index (χ1) is 21.4. The summed E-state index contributed by atoms with van der Waals surface area (Å²) in [6.45, 7) is 10.5. The van der Waals surface area contributed by atoms with E-state index in [4.69, 9.17) is 9.47 Å². The average Bonchev–Trinajstić information content (AvgIpc) is 3.80. The Balaban J connectivity index is 0.000000287. The first kappa shape index (κ1) is 39.2. The van der Waals surface area contributed by atoms with Crippen LogP contribution in [0.1, 0.15) is 52.4 Å². The van der Waals surface area contributed by atoms with Gasteiger partial charge in [0, 0.05) is 85.5 Å². The molecule has 0 aromatic carbocycles. The monoisotopic (exact) mass is 692 g/mol. The van der Waals surface area contributed by atoms with E-state index in [1.807, 2.05) is 44.9 Å². The van der Waals surface area contributed by atoms with Gasteiger partial charge in [-0.05, 0) is 49.3 Å². The number of esters is 1. The van der Waals surface area contributed by atoms with Crippen LogP contribution in [0.25, 0.3) is 0 Å². The van der Waals surface area contributed by atoms with E-state index in [1.165, 1.54) is 4.68 Å². The summed E-state index contributed by atoms with van der Waals surface area (Å²) in [4.78, 5) is 32.3. The number of aromatic nitrogens is 8. The van der Waals surface area contributed by atoms with Gasteiger partial charge in [-0.25, -0.2) is 14.8 Å². The molecule has 1 saturated heterocycles. The summed E-state index contributed by atoms with van der Waals surface area (Å²) >= 11 is 3.33. The van der Waals surface area contributed by atoms with Crippen molar-refractivity contribution in [2.45, 2.75) is 33.6 Å². The molecule has 250 valence electrons. The van der Waals surface area contributed by atoms with Crippen LogP contribution in [0.15, 0.2) is 47.7 Å². The Morgan fingerprint density at radius 1 is 1.00 bits per heavy atom. The van der Waals surface area contributed by atoms with Crippen molar-refractivity contribution in [2.75, 3.05) is 47.0 Å². The Bertz CT molecular complexity index is 1350. The number of ether oxygens (including phenoxy) is 2. The van der Waals surface area contributed by atoms with E-state index in [9.17, 15) is 9.59 Å². The van der Waals surface area contributed by atoms with Crippen molar-refractivity contribution in [1.29, 1.82) is 0 Å². The number of amides is 1. The molecular formula is C30H49BrN10O4. The van der Waals surface area contributed by atoms with E-state index in [0.29, 0.717) is 18.1 Å². The number of likely N-dealkylation sites (N-methyl/N-ethyl adjacent to an activating group) is 1. The van der Waals surface area contributed by atoms with Crippen molar-refractivity contribution in [3.05, 3.63) is 70.8 Å². The van der Waals surface area contributed by atoms with Gasteiger partial charge in [0.05, 0.1) is 30.0 Å². The van der Waals surface area contributed by atoms with Crippen molar-refractivity contribution >= 4 is 27.8 Å². The highest BCUT2D eigenvalue weighted by Gasteiger charge is 2.10. The van der Waals surface area contributed by atoms with Gasteiger partial charge in [-0.1, -0.05) is 13.3 Å². The Hall–Kier alpha value is -3.82. The van der Waals surface area contributed by atoms with Crippen molar-refractivity contribution in [3.63, 3.8) is 0 Å². The molecule has 0 bridgehead atoms. The molecule has 45 heavy (non-hydrogen) atoms. The number of unbranched alkanes of at least 4 members (excludes halogenated alkanes) is 1. The molecule has 0 atom stereocenters. The number of nitrogens with zero attached hydrogens (tertiary/aromatic N) is 9. The molecule has 4 aromatic rings. The topological polar surface area (TPSA) is 139 Å². The lowest BCUT2D eigenvalue weighted by atomic mass is 10.3. The fourth-order valence-corrected chi connectivity index (χ4v) is 3.69. The van der Waals surface area contributed by atoms with Crippen LogP contribution in [0, 0.1) is 13.8 Å². The van der Waals surface area contributed by atoms with Gasteiger partial charge in [0.15, 0.2) is 5.82 Å². The first-order valence-corrected chi connectivity index (χ1v) is 15.4. The Kier molecular flexibility index (Phi) is 19.0. The second-order valence-corrected chi connectivity index (χ2v) is 10.9. The highest BCUT2D eigenvalue weighted by molar-refractivity contribution is 9.10. The molecule has 0 saturated carbocycles. The first-order valence-electron chi connectivity index (χ1n) is 14.6. The van der Waals surface area contributed by atoms with Crippen LogP contribution in [-0.2, 0) is 37.7 Å². The van der Waals surface area contributed by atoms with Crippen LogP contribution in [0.3, 0.4) is 0 Å². The molecule has 1 N–H and O–H groups in total. The van der Waals surface area contributed by atoms with Gasteiger partial charge in [-0.2, -0.15) is 10.2 Å². The lowest BCUT2D eigenvalue weighted by Gasteiger charge is -2.21. The maximum atomic E-state index is 11.3. The third-order valence-corrected chi connectivity index (χ3v) is 7.04. The van der Waals surface area contributed by atoms with E-state index in [2.05, 4.69) is 60.3 Å². The predicted molar refractivity (Wildman–Crippen MR) is 177 cm³/mol. The van der Waals surface area contributed by atoms with E-state index in [-0.39, 0.29) is 11.9 Å². The summed E-state index contributed by atoms with van der Waals surface area (Å²) in [6.07, 6.45) is 12.5. The Labute approximate surface area is 274 Å². The molecule has 0 aliphatic carbocycles.